The van der Waals surface area contributed by atoms with Crippen molar-refractivity contribution in [2.75, 3.05) is 0 Å². The molecule has 0 amide bonds. The molecule has 0 aromatic heterocycles. The van der Waals surface area contributed by atoms with E-state index in [1.54, 1.807) is 0 Å². The molecule has 10 atom stereocenters. The quantitative estimate of drug-likeness (QED) is 0.578. The van der Waals surface area contributed by atoms with E-state index in [4.69, 9.17) is 5.11 Å². The van der Waals surface area contributed by atoms with Crippen LogP contribution in [0.25, 0.3) is 0 Å². The maximum absolute atomic E-state index is 11.1. The van der Waals surface area contributed by atoms with Crippen molar-refractivity contribution in [2.24, 2.45) is 52.3 Å². The van der Waals surface area contributed by atoms with E-state index in [1.165, 1.54) is 57.8 Å². The van der Waals surface area contributed by atoms with Crippen LogP contribution in [-0.2, 0) is 4.79 Å². The molecule has 0 heterocycles. The van der Waals surface area contributed by atoms with E-state index in [-0.39, 0.29) is 6.10 Å². The van der Waals surface area contributed by atoms with Crippen LogP contribution in [0.2, 0.25) is 0 Å². The Kier molecular flexibility index (Phi) is 5.86. The zero-order chi connectivity index (χ0) is 21.0. The second kappa shape index (κ2) is 7.84. The number of carbonyl (C=O) groups is 1. The normalized spacial score (nSPS) is 48.9. The van der Waals surface area contributed by atoms with Gasteiger partial charge in [-0.3, -0.25) is 4.79 Å². The third-order valence-corrected chi connectivity index (χ3v) is 11.0. The van der Waals surface area contributed by atoms with Gasteiger partial charge in [0, 0.05) is 6.42 Å². The van der Waals surface area contributed by atoms with Crippen LogP contribution in [0.4, 0.5) is 0 Å². The minimum Gasteiger partial charge on any atom is -0.481 e. The van der Waals surface area contributed by atoms with Crippen molar-refractivity contribution in [3.8, 4) is 0 Å². The second-order valence-corrected chi connectivity index (χ2v) is 12.1. The molecule has 4 aliphatic carbocycles. The van der Waals surface area contributed by atoms with E-state index in [9.17, 15) is 9.90 Å². The van der Waals surface area contributed by atoms with Crippen LogP contribution in [0.3, 0.4) is 0 Å². The number of fused-ring (bicyclic) bond motifs is 5. The lowest BCUT2D eigenvalue weighted by atomic mass is 9.44. The molecule has 0 bridgehead atoms. The summed E-state index contributed by atoms with van der Waals surface area (Å²) in [6.07, 6.45) is 13.0. The minimum atomic E-state index is -0.640. The number of aliphatic hydroxyl groups excluding tert-OH is 1. The number of carboxylic acid groups (broad SMARTS) is 1. The highest BCUT2D eigenvalue weighted by Crippen LogP contribution is 2.68. The molecular formula is C26H44O3. The van der Waals surface area contributed by atoms with Crippen LogP contribution in [0.1, 0.15) is 98.3 Å². The van der Waals surface area contributed by atoms with Gasteiger partial charge in [0.25, 0.3) is 0 Å². The number of carboxylic acids is 1. The third-order valence-electron chi connectivity index (χ3n) is 11.0. The number of hydrogen-bond acceptors (Lipinski definition) is 2. The molecule has 4 fully saturated rings. The lowest BCUT2D eigenvalue weighted by Crippen LogP contribution is -2.54. The second-order valence-electron chi connectivity index (χ2n) is 12.1. The molecule has 0 aromatic carbocycles. The van der Waals surface area contributed by atoms with E-state index in [1.807, 2.05) is 6.92 Å². The van der Waals surface area contributed by atoms with E-state index in [0.717, 1.165) is 30.1 Å². The van der Waals surface area contributed by atoms with Crippen LogP contribution < -0.4 is 0 Å². The average molecular weight is 405 g/mol. The van der Waals surface area contributed by atoms with Crippen LogP contribution in [0.5, 0.6) is 0 Å². The lowest BCUT2D eigenvalue weighted by Gasteiger charge is -2.61. The summed E-state index contributed by atoms with van der Waals surface area (Å²) in [7, 11) is 0. The number of aliphatic carboxylic acids is 1. The van der Waals surface area contributed by atoms with Crippen LogP contribution in [0.15, 0.2) is 0 Å². The van der Waals surface area contributed by atoms with Crippen molar-refractivity contribution in [3.63, 3.8) is 0 Å². The molecule has 166 valence electrons. The van der Waals surface area contributed by atoms with E-state index >= 15 is 0 Å². The Labute approximate surface area is 178 Å². The smallest absolute Gasteiger partial charge is 0.303 e. The molecule has 0 aliphatic heterocycles. The van der Waals surface area contributed by atoms with Gasteiger partial charge >= 0.3 is 5.97 Å². The van der Waals surface area contributed by atoms with Crippen molar-refractivity contribution >= 4 is 5.97 Å². The molecule has 4 unspecified atom stereocenters. The first kappa shape index (κ1) is 21.7. The molecule has 3 nitrogen and oxygen atoms in total. The van der Waals surface area contributed by atoms with Crippen molar-refractivity contribution in [3.05, 3.63) is 0 Å². The number of aliphatic hydroxyl groups is 1. The van der Waals surface area contributed by atoms with Gasteiger partial charge in [-0.15, -0.1) is 0 Å². The van der Waals surface area contributed by atoms with Crippen molar-refractivity contribution in [2.45, 2.75) is 104 Å². The molecule has 29 heavy (non-hydrogen) atoms. The van der Waals surface area contributed by atoms with Gasteiger partial charge in [-0.05, 0) is 123 Å². The summed E-state index contributed by atoms with van der Waals surface area (Å²) in [5, 5.41) is 19.3. The molecule has 4 rings (SSSR count). The first-order chi connectivity index (χ1) is 13.7. The summed E-state index contributed by atoms with van der Waals surface area (Å²) in [5.41, 5.74) is 0.918. The Morgan fingerprint density at radius 3 is 2.34 bits per heavy atom. The zero-order valence-electron chi connectivity index (χ0n) is 19.2. The fourth-order valence-electron chi connectivity index (χ4n) is 9.26. The summed E-state index contributed by atoms with van der Waals surface area (Å²) >= 11 is 0. The molecule has 0 saturated heterocycles. The SMILES string of the molecule is CC(O)[C@@H]1CC[C@]2(C)C3CC[C@@]4(C)C(CC[C@@H]4[C@H](C)CCC(=O)O)C3CC[C@@H]2C1. The van der Waals surface area contributed by atoms with Gasteiger partial charge in [0.05, 0.1) is 6.10 Å². The number of hydrogen-bond donors (Lipinski definition) is 2. The highest BCUT2D eigenvalue weighted by atomic mass is 16.4. The highest BCUT2D eigenvalue weighted by molar-refractivity contribution is 5.66. The summed E-state index contributed by atoms with van der Waals surface area (Å²) in [6, 6.07) is 0. The maximum atomic E-state index is 11.1. The third kappa shape index (κ3) is 3.58. The van der Waals surface area contributed by atoms with Crippen LogP contribution in [-0.4, -0.2) is 22.3 Å². The summed E-state index contributed by atoms with van der Waals surface area (Å²) in [5.74, 6) is 4.55. The van der Waals surface area contributed by atoms with E-state index in [0.29, 0.717) is 35.0 Å². The highest BCUT2D eigenvalue weighted by Gasteiger charge is 2.60. The first-order valence-corrected chi connectivity index (χ1v) is 12.6. The Hall–Kier alpha value is -0.570. The largest absolute Gasteiger partial charge is 0.481 e. The van der Waals surface area contributed by atoms with Gasteiger partial charge in [-0.25, -0.2) is 0 Å². The monoisotopic (exact) mass is 404 g/mol. The number of rotatable bonds is 5. The fraction of sp³-hybridized carbons (Fsp3) is 0.962. The molecule has 0 spiro atoms. The van der Waals surface area contributed by atoms with E-state index < -0.39 is 5.97 Å². The lowest BCUT2D eigenvalue weighted by molar-refractivity contribution is -0.138. The fourth-order valence-corrected chi connectivity index (χ4v) is 9.26. The Bertz CT molecular complexity index is 615. The molecule has 0 aromatic rings. The maximum Gasteiger partial charge on any atom is 0.303 e. The zero-order valence-corrected chi connectivity index (χ0v) is 19.2. The molecule has 2 N–H and O–H groups in total. The van der Waals surface area contributed by atoms with Crippen LogP contribution in [0, 0.1) is 52.3 Å². The van der Waals surface area contributed by atoms with Gasteiger partial charge in [-0.1, -0.05) is 20.8 Å². The minimum absolute atomic E-state index is 0.144. The van der Waals surface area contributed by atoms with Gasteiger partial charge in [0.2, 0.25) is 0 Å². The summed E-state index contributed by atoms with van der Waals surface area (Å²) in [6.45, 7) is 9.50. The summed E-state index contributed by atoms with van der Waals surface area (Å²) < 4.78 is 0. The topological polar surface area (TPSA) is 57.5 Å². The summed E-state index contributed by atoms with van der Waals surface area (Å²) in [4.78, 5) is 11.1. The molecule has 0 radical (unpaired) electrons. The Balaban J connectivity index is 1.49. The van der Waals surface area contributed by atoms with Crippen molar-refractivity contribution in [1.82, 2.24) is 0 Å². The molecule has 3 heteroatoms. The van der Waals surface area contributed by atoms with Gasteiger partial charge < -0.3 is 10.2 Å². The van der Waals surface area contributed by atoms with Gasteiger partial charge in [0.1, 0.15) is 0 Å². The van der Waals surface area contributed by atoms with Gasteiger partial charge in [-0.2, -0.15) is 0 Å². The molecule has 4 saturated carbocycles. The van der Waals surface area contributed by atoms with Crippen molar-refractivity contribution < 1.29 is 15.0 Å². The predicted molar refractivity (Wildman–Crippen MR) is 116 cm³/mol. The van der Waals surface area contributed by atoms with Crippen molar-refractivity contribution in [1.29, 1.82) is 0 Å². The molecule has 4 aliphatic rings. The Morgan fingerprint density at radius 1 is 0.966 bits per heavy atom. The Morgan fingerprint density at radius 2 is 1.66 bits per heavy atom. The van der Waals surface area contributed by atoms with Crippen LogP contribution >= 0.6 is 0 Å². The predicted octanol–water partition coefficient (Wildman–Crippen LogP) is 6.14. The first-order valence-electron chi connectivity index (χ1n) is 12.6. The standard InChI is InChI=1S/C26H44O3/c1-16(5-10-24(28)29)21-8-9-22-20-7-6-19-15-18(17(2)27)11-13-25(19,3)23(20)12-14-26(21,22)4/h16-23,27H,5-15H2,1-4H3,(H,28,29)/t16-,17?,18-,19-,20?,21-,22?,23?,25+,26-/m1/s1. The average Bonchev–Trinajstić information content (AvgIpc) is 3.02. The van der Waals surface area contributed by atoms with Gasteiger partial charge in [0.15, 0.2) is 0 Å². The molecular weight excluding hydrogens is 360 g/mol. The van der Waals surface area contributed by atoms with E-state index in [2.05, 4.69) is 20.8 Å².